The lowest BCUT2D eigenvalue weighted by atomic mass is 9.89. The van der Waals surface area contributed by atoms with E-state index in [2.05, 4.69) is 49.1 Å². The first kappa shape index (κ1) is 26.5. The highest BCUT2D eigenvalue weighted by atomic mass is 32.1. The van der Waals surface area contributed by atoms with Gasteiger partial charge >= 0.3 is 0 Å². The van der Waals surface area contributed by atoms with E-state index in [4.69, 9.17) is 14.7 Å². The van der Waals surface area contributed by atoms with Crippen molar-refractivity contribution in [2.75, 3.05) is 38.2 Å². The van der Waals surface area contributed by atoms with Crippen LogP contribution in [-0.2, 0) is 4.74 Å². The van der Waals surface area contributed by atoms with Crippen LogP contribution in [0.5, 0.6) is 0 Å². The Morgan fingerprint density at radius 2 is 2.03 bits per heavy atom. The van der Waals surface area contributed by atoms with Gasteiger partial charge in [-0.05, 0) is 56.1 Å². The Hall–Kier alpha value is -3.14. The smallest absolute Gasteiger partial charge is 0.165 e. The SMILES string of the molecule is CCN(CC)[C@@H](C)CCC(=O)c1cc(NCC2(C)COC2)nc(-c2cnn3ccc(-c4cccs4)nc23)c1. The van der Waals surface area contributed by atoms with Crippen molar-refractivity contribution >= 4 is 28.6 Å². The van der Waals surface area contributed by atoms with Crippen LogP contribution in [0.15, 0.2) is 48.1 Å². The van der Waals surface area contributed by atoms with E-state index in [0.717, 1.165) is 55.4 Å². The Kier molecular flexibility index (Phi) is 7.88. The quantitative estimate of drug-likeness (QED) is 0.236. The van der Waals surface area contributed by atoms with Crippen LogP contribution in [0.1, 0.15) is 50.9 Å². The zero-order valence-electron chi connectivity index (χ0n) is 22.6. The number of carbonyl (C=O) groups is 1. The molecule has 0 amide bonds. The number of ether oxygens (including phenoxy) is 1. The fourth-order valence-electron chi connectivity index (χ4n) is 4.90. The Balaban J connectivity index is 1.47. The molecule has 0 bridgehead atoms. The van der Waals surface area contributed by atoms with Crippen LogP contribution in [0.25, 0.3) is 27.5 Å². The second kappa shape index (κ2) is 11.3. The third-order valence-electron chi connectivity index (χ3n) is 7.39. The van der Waals surface area contributed by atoms with Gasteiger partial charge in [-0.15, -0.1) is 11.3 Å². The highest BCUT2D eigenvalue weighted by molar-refractivity contribution is 7.13. The molecular weight excluding hydrogens is 496 g/mol. The zero-order chi connectivity index (χ0) is 26.7. The molecule has 5 heterocycles. The number of anilines is 1. The first-order chi connectivity index (χ1) is 18.4. The molecule has 0 saturated carbocycles. The summed E-state index contributed by atoms with van der Waals surface area (Å²) in [5, 5.41) is 10.0. The molecule has 1 atom stereocenters. The number of carbonyl (C=O) groups excluding carboxylic acids is 1. The number of hydrogen-bond donors (Lipinski definition) is 1. The van der Waals surface area contributed by atoms with Gasteiger partial charge < -0.3 is 15.0 Å². The van der Waals surface area contributed by atoms with Gasteiger partial charge in [0.25, 0.3) is 0 Å². The Bertz CT molecular complexity index is 1390. The van der Waals surface area contributed by atoms with E-state index in [9.17, 15) is 4.79 Å². The van der Waals surface area contributed by atoms with Crippen molar-refractivity contribution in [3.8, 4) is 21.8 Å². The molecule has 0 aliphatic carbocycles. The summed E-state index contributed by atoms with van der Waals surface area (Å²) in [4.78, 5) is 26.7. The number of ketones is 1. The fraction of sp³-hybridized carbons (Fsp3) is 0.448. The lowest BCUT2D eigenvalue weighted by Gasteiger charge is -2.38. The van der Waals surface area contributed by atoms with Gasteiger partial charge in [-0.3, -0.25) is 4.79 Å². The van der Waals surface area contributed by atoms with Gasteiger partial charge in [0.15, 0.2) is 11.4 Å². The minimum absolute atomic E-state index is 0.0721. The molecule has 38 heavy (non-hydrogen) atoms. The van der Waals surface area contributed by atoms with Gasteiger partial charge in [0, 0.05) is 36.2 Å². The molecule has 0 spiro atoms. The van der Waals surface area contributed by atoms with Crippen LogP contribution in [0.4, 0.5) is 5.82 Å². The maximum absolute atomic E-state index is 13.4. The first-order valence-corrected chi connectivity index (χ1v) is 14.3. The summed E-state index contributed by atoms with van der Waals surface area (Å²) in [6.07, 6.45) is 5.01. The summed E-state index contributed by atoms with van der Waals surface area (Å²) in [5.41, 5.74) is 3.83. The maximum Gasteiger partial charge on any atom is 0.165 e. The molecule has 1 aliphatic rings. The van der Waals surface area contributed by atoms with E-state index in [-0.39, 0.29) is 11.2 Å². The summed E-state index contributed by atoms with van der Waals surface area (Å²) in [6, 6.07) is 10.2. The number of nitrogens with one attached hydrogen (secondary N) is 1. The molecule has 1 N–H and O–H groups in total. The summed E-state index contributed by atoms with van der Waals surface area (Å²) in [6.45, 7) is 12.8. The van der Waals surface area contributed by atoms with Crippen LogP contribution in [0.3, 0.4) is 0 Å². The van der Waals surface area contributed by atoms with Crippen molar-refractivity contribution in [3.05, 3.63) is 53.7 Å². The summed E-state index contributed by atoms with van der Waals surface area (Å²) >= 11 is 1.65. The number of fused-ring (bicyclic) bond motifs is 1. The van der Waals surface area contributed by atoms with Gasteiger partial charge in [-0.1, -0.05) is 26.8 Å². The normalized spacial score (nSPS) is 15.5. The van der Waals surface area contributed by atoms with Crippen LogP contribution in [0.2, 0.25) is 0 Å². The third-order valence-corrected chi connectivity index (χ3v) is 8.28. The Morgan fingerprint density at radius 1 is 1.21 bits per heavy atom. The predicted molar refractivity (Wildman–Crippen MR) is 153 cm³/mol. The van der Waals surface area contributed by atoms with E-state index in [0.29, 0.717) is 35.2 Å². The molecule has 4 aromatic rings. The second-order valence-electron chi connectivity index (χ2n) is 10.4. The minimum Gasteiger partial charge on any atom is -0.380 e. The number of rotatable bonds is 12. The summed E-state index contributed by atoms with van der Waals surface area (Å²) in [5.74, 6) is 0.808. The first-order valence-electron chi connectivity index (χ1n) is 13.4. The predicted octanol–water partition coefficient (Wildman–Crippen LogP) is 5.66. The number of pyridine rings is 1. The van der Waals surface area contributed by atoms with E-state index < -0.39 is 0 Å². The standard InChI is InChI=1S/C29H36N6O2S/c1-5-34(6-2)20(3)9-10-25(36)21-14-24(32-27(15-21)30-17-29(4)18-37-19-29)22-16-31-35-12-11-23(33-28(22)35)26-8-7-13-38-26/h7-8,11-16,20H,5-6,9-10,17-19H2,1-4H3,(H,30,32)/t20-/m0/s1. The van der Waals surface area contributed by atoms with Crippen molar-refractivity contribution in [2.45, 2.75) is 46.6 Å². The summed E-state index contributed by atoms with van der Waals surface area (Å²) < 4.78 is 7.17. The second-order valence-corrected chi connectivity index (χ2v) is 11.4. The van der Waals surface area contributed by atoms with Crippen LogP contribution in [-0.4, -0.2) is 69.2 Å². The molecule has 8 nitrogen and oxygen atoms in total. The van der Waals surface area contributed by atoms with E-state index in [1.54, 1.807) is 22.0 Å². The van der Waals surface area contributed by atoms with Gasteiger partial charge in [0.1, 0.15) is 5.82 Å². The molecule has 4 aromatic heterocycles. The van der Waals surface area contributed by atoms with Crippen molar-refractivity contribution in [3.63, 3.8) is 0 Å². The third kappa shape index (κ3) is 5.65. The van der Waals surface area contributed by atoms with Crippen molar-refractivity contribution in [2.24, 2.45) is 5.41 Å². The molecule has 0 radical (unpaired) electrons. The average Bonchev–Trinajstić information content (AvgIpc) is 3.60. The lowest BCUT2D eigenvalue weighted by Crippen LogP contribution is -2.45. The van der Waals surface area contributed by atoms with Crippen LogP contribution < -0.4 is 5.32 Å². The van der Waals surface area contributed by atoms with E-state index >= 15 is 0 Å². The number of nitrogens with zero attached hydrogens (tertiary/aromatic N) is 5. The van der Waals surface area contributed by atoms with Crippen LogP contribution in [0, 0.1) is 5.41 Å². The number of thiophene rings is 1. The highest BCUT2D eigenvalue weighted by Crippen LogP contribution is 2.30. The average molecular weight is 533 g/mol. The molecule has 0 aromatic carbocycles. The van der Waals surface area contributed by atoms with E-state index in [1.165, 1.54) is 0 Å². The van der Waals surface area contributed by atoms with Gasteiger partial charge in [0.2, 0.25) is 0 Å². The van der Waals surface area contributed by atoms with Crippen molar-refractivity contribution in [1.82, 2.24) is 24.5 Å². The molecule has 1 aliphatic heterocycles. The van der Waals surface area contributed by atoms with Crippen LogP contribution >= 0.6 is 11.3 Å². The Labute approximate surface area is 228 Å². The van der Waals surface area contributed by atoms with E-state index in [1.807, 2.05) is 35.8 Å². The van der Waals surface area contributed by atoms with Gasteiger partial charge in [-0.25, -0.2) is 14.5 Å². The molecule has 200 valence electrons. The van der Waals surface area contributed by atoms with Crippen molar-refractivity contribution in [1.29, 1.82) is 0 Å². The number of hydrogen-bond acceptors (Lipinski definition) is 8. The van der Waals surface area contributed by atoms with Gasteiger partial charge in [0.05, 0.1) is 41.2 Å². The monoisotopic (exact) mass is 532 g/mol. The minimum atomic E-state index is 0.0721. The van der Waals surface area contributed by atoms with Crippen molar-refractivity contribution < 1.29 is 9.53 Å². The summed E-state index contributed by atoms with van der Waals surface area (Å²) in [7, 11) is 0. The number of Topliss-reactive ketones (excluding diaryl/α,β-unsaturated/α-hetero) is 1. The zero-order valence-corrected chi connectivity index (χ0v) is 23.4. The molecule has 0 unspecified atom stereocenters. The largest absolute Gasteiger partial charge is 0.380 e. The maximum atomic E-state index is 13.4. The number of aromatic nitrogens is 4. The lowest BCUT2D eigenvalue weighted by molar-refractivity contribution is -0.0924. The fourth-order valence-corrected chi connectivity index (χ4v) is 5.60. The molecule has 5 rings (SSSR count). The molecule has 1 saturated heterocycles. The van der Waals surface area contributed by atoms with Gasteiger partial charge in [-0.2, -0.15) is 5.10 Å². The topological polar surface area (TPSA) is 84.7 Å². The molecular formula is C29H36N6O2S. The Morgan fingerprint density at radius 3 is 2.71 bits per heavy atom. The molecule has 1 fully saturated rings. The molecule has 9 heteroatoms. The highest BCUT2D eigenvalue weighted by Gasteiger charge is 2.33.